The molecule has 1 N–H and O–H groups in total. The first-order valence-electron chi connectivity index (χ1n) is 4.54. The predicted molar refractivity (Wildman–Crippen MR) is 59.9 cm³/mol. The second-order valence-corrected chi connectivity index (χ2v) is 3.51. The maximum atomic E-state index is 11.3. The van der Waals surface area contributed by atoms with Crippen molar-refractivity contribution in [1.29, 1.82) is 5.26 Å². The van der Waals surface area contributed by atoms with E-state index in [4.69, 9.17) is 16.9 Å². The second kappa shape index (κ2) is 5.38. The molecular formula is C11H11ClN2O. The minimum Gasteiger partial charge on any atom is -0.326 e. The molecule has 0 fully saturated rings. The van der Waals surface area contributed by atoms with E-state index in [9.17, 15) is 4.79 Å². The molecule has 4 heteroatoms. The van der Waals surface area contributed by atoms with Crippen LogP contribution in [0, 0.1) is 18.3 Å². The van der Waals surface area contributed by atoms with Crippen LogP contribution in [0.1, 0.15) is 17.5 Å². The minimum atomic E-state index is -0.136. The van der Waals surface area contributed by atoms with Gasteiger partial charge in [0.25, 0.3) is 0 Å². The van der Waals surface area contributed by atoms with E-state index >= 15 is 0 Å². The van der Waals surface area contributed by atoms with Crippen LogP contribution >= 0.6 is 11.6 Å². The summed E-state index contributed by atoms with van der Waals surface area (Å²) in [4.78, 5) is 11.3. The Kier molecular flexibility index (Phi) is 4.14. The third-order valence-corrected chi connectivity index (χ3v) is 2.15. The highest BCUT2D eigenvalue weighted by atomic mass is 35.5. The normalized spacial score (nSPS) is 9.40. The third-order valence-electron chi connectivity index (χ3n) is 1.96. The Hall–Kier alpha value is -1.53. The fourth-order valence-electron chi connectivity index (χ4n) is 1.12. The van der Waals surface area contributed by atoms with Crippen LogP contribution in [0.5, 0.6) is 0 Å². The number of anilines is 1. The Labute approximate surface area is 93.7 Å². The summed E-state index contributed by atoms with van der Waals surface area (Å²) in [5.41, 5.74) is 2.13. The predicted octanol–water partition coefficient (Wildman–Crippen LogP) is 2.43. The van der Waals surface area contributed by atoms with Crippen LogP contribution in [0.25, 0.3) is 0 Å². The zero-order valence-corrected chi connectivity index (χ0v) is 9.14. The summed E-state index contributed by atoms with van der Waals surface area (Å²) < 4.78 is 0. The first kappa shape index (κ1) is 11.5. The second-order valence-electron chi connectivity index (χ2n) is 3.13. The average Bonchev–Trinajstić information content (AvgIpc) is 2.21. The van der Waals surface area contributed by atoms with Gasteiger partial charge in [-0.25, -0.2) is 0 Å². The van der Waals surface area contributed by atoms with Gasteiger partial charge in [0, 0.05) is 18.0 Å². The molecule has 1 rings (SSSR count). The number of amides is 1. The monoisotopic (exact) mass is 222 g/mol. The standard InChI is InChI=1S/C11H11ClN2O/c1-8-2-3-9(7-13)6-10(8)14-11(15)4-5-12/h2-3,6H,4-5H2,1H3,(H,14,15). The van der Waals surface area contributed by atoms with Gasteiger partial charge in [-0.15, -0.1) is 11.6 Å². The Bertz CT molecular complexity index is 410. The lowest BCUT2D eigenvalue weighted by molar-refractivity contribution is -0.115. The lowest BCUT2D eigenvalue weighted by Crippen LogP contribution is -2.12. The van der Waals surface area contributed by atoms with Crippen molar-refractivity contribution in [2.75, 3.05) is 11.2 Å². The lowest BCUT2D eigenvalue weighted by atomic mass is 10.1. The number of halogens is 1. The van der Waals surface area contributed by atoms with Crippen molar-refractivity contribution in [2.24, 2.45) is 0 Å². The Balaban J connectivity index is 2.85. The van der Waals surface area contributed by atoms with Gasteiger partial charge in [-0.1, -0.05) is 6.07 Å². The molecule has 78 valence electrons. The highest BCUT2D eigenvalue weighted by Crippen LogP contribution is 2.16. The van der Waals surface area contributed by atoms with E-state index < -0.39 is 0 Å². The molecule has 1 amide bonds. The van der Waals surface area contributed by atoms with Gasteiger partial charge in [0.1, 0.15) is 0 Å². The summed E-state index contributed by atoms with van der Waals surface area (Å²) >= 11 is 5.45. The van der Waals surface area contributed by atoms with Gasteiger partial charge in [0.15, 0.2) is 0 Å². The molecule has 1 aromatic carbocycles. The smallest absolute Gasteiger partial charge is 0.225 e. The van der Waals surface area contributed by atoms with E-state index in [2.05, 4.69) is 5.32 Å². The minimum absolute atomic E-state index is 0.136. The quantitative estimate of drug-likeness (QED) is 0.799. The number of hydrogen-bond donors (Lipinski definition) is 1. The number of carbonyl (C=O) groups excluding carboxylic acids is 1. The van der Waals surface area contributed by atoms with E-state index in [-0.39, 0.29) is 12.3 Å². The lowest BCUT2D eigenvalue weighted by Gasteiger charge is -2.07. The molecule has 0 unspecified atom stereocenters. The zero-order valence-electron chi connectivity index (χ0n) is 8.38. The van der Waals surface area contributed by atoms with Crippen LogP contribution in [0.4, 0.5) is 5.69 Å². The molecule has 0 aliphatic carbocycles. The number of hydrogen-bond acceptors (Lipinski definition) is 2. The fourth-order valence-corrected chi connectivity index (χ4v) is 1.30. The number of alkyl halides is 1. The van der Waals surface area contributed by atoms with Gasteiger partial charge in [-0.05, 0) is 24.6 Å². The summed E-state index contributed by atoms with van der Waals surface area (Å²) in [5.74, 6) is 0.159. The molecule has 3 nitrogen and oxygen atoms in total. The molecular weight excluding hydrogens is 212 g/mol. The SMILES string of the molecule is Cc1ccc(C#N)cc1NC(=O)CCCl. The summed E-state index contributed by atoms with van der Waals surface area (Å²) in [7, 11) is 0. The molecule has 0 aliphatic heterocycles. The van der Waals surface area contributed by atoms with E-state index in [1.165, 1.54) is 0 Å². The number of nitrogens with one attached hydrogen (secondary N) is 1. The van der Waals surface area contributed by atoms with E-state index in [0.717, 1.165) is 5.56 Å². The third kappa shape index (κ3) is 3.26. The van der Waals surface area contributed by atoms with Crippen molar-refractivity contribution in [1.82, 2.24) is 0 Å². The van der Waals surface area contributed by atoms with Gasteiger partial charge < -0.3 is 5.32 Å². The van der Waals surface area contributed by atoms with E-state index in [1.807, 2.05) is 13.0 Å². The van der Waals surface area contributed by atoms with E-state index in [1.54, 1.807) is 18.2 Å². The average molecular weight is 223 g/mol. The number of carbonyl (C=O) groups is 1. The fraction of sp³-hybridized carbons (Fsp3) is 0.273. The summed E-state index contributed by atoms with van der Waals surface area (Å²) in [6.45, 7) is 1.87. The van der Waals surface area contributed by atoms with Crippen LogP contribution in [-0.4, -0.2) is 11.8 Å². The van der Waals surface area contributed by atoms with Crippen LogP contribution in [0.3, 0.4) is 0 Å². The first-order valence-corrected chi connectivity index (χ1v) is 5.07. The highest BCUT2D eigenvalue weighted by Gasteiger charge is 2.04. The zero-order chi connectivity index (χ0) is 11.3. The van der Waals surface area contributed by atoms with Gasteiger partial charge in [-0.3, -0.25) is 4.79 Å². The number of aryl methyl sites for hydroxylation is 1. The molecule has 0 saturated carbocycles. The van der Waals surface area contributed by atoms with Gasteiger partial charge in [-0.2, -0.15) is 5.26 Å². The molecule has 0 atom stereocenters. The molecule has 0 spiro atoms. The molecule has 15 heavy (non-hydrogen) atoms. The number of nitrogens with zero attached hydrogens (tertiary/aromatic N) is 1. The van der Waals surface area contributed by atoms with Crippen LogP contribution in [-0.2, 0) is 4.79 Å². The van der Waals surface area contributed by atoms with Crippen LogP contribution in [0.15, 0.2) is 18.2 Å². The summed E-state index contributed by atoms with van der Waals surface area (Å²) in [6.07, 6.45) is 0.276. The van der Waals surface area contributed by atoms with Crippen molar-refractivity contribution in [3.8, 4) is 6.07 Å². The number of nitriles is 1. The van der Waals surface area contributed by atoms with Crippen molar-refractivity contribution < 1.29 is 4.79 Å². The molecule has 0 bridgehead atoms. The molecule has 0 aromatic heterocycles. The largest absolute Gasteiger partial charge is 0.326 e. The van der Waals surface area contributed by atoms with Crippen LogP contribution < -0.4 is 5.32 Å². The van der Waals surface area contributed by atoms with Crippen molar-refractivity contribution in [2.45, 2.75) is 13.3 Å². The van der Waals surface area contributed by atoms with E-state index in [0.29, 0.717) is 17.1 Å². The maximum Gasteiger partial charge on any atom is 0.225 e. The van der Waals surface area contributed by atoms with Crippen molar-refractivity contribution in [3.63, 3.8) is 0 Å². The maximum absolute atomic E-state index is 11.3. The Morgan fingerprint density at radius 2 is 2.33 bits per heavy atom. The molecule has 0 radical (unpaired) electrons. The summed E-state index contributed by atoms with van der Waals surface area (Å²) in [6, 6.07) is 7.19. The summed E-state index contributed by atoms with van der Waals surface area (Å²) in [5, 5.41) is 11.4. The van der Waals surface area contributed by atoms with Crippen molar-refractivity contribution in [3.05, 3.63) is 29.3 Å². The topological polar surface area (TPSA) is 52.9 Å². The van der Waals surface area contributed by atoms with Gasteiger partial charge in [0.2, 0.25) is 5.91 Å². The van der Waals surface area contributed by atoms with Crippen LogP contribution in [0.2, 0.25) is 0 Å². The highest BCUT2D eigenvalue weighted by molar-refractivity contribution is 6.19. The number of benzene rings is 1. The molecule has 0 aliphatic rings. The Morgan fingerprint density at radius 3 is 2.93 bits per heavy atom. The van der Waals surface area contributed by atoms with Gasteiger partial charge in [0.05, 0.1) is 11.6 Å². The molecule has 0 heterocycles. The first-order chi connectivity index (χ1) is 7.17. The molecule has 1 aromatic rings. The molecule has 0 saturated heterocycles. The van der Waals surface area contributed by atoms with Gasteiger partial charge >= 0.3 is 0 Å². The Morgan fingerprint density at radius 1 is 1.60 bits per heavy atom. The number of rotatable bonds is 3. The van der Waals surface area contributed by atoms with Crippen molar-refractivity contribution >= 4 is 23.2 Å².